The molecule has 1 aliphatic carbocycles. The third-order valence-electron chi connectivity index (χ3n) is 3.96. The van der Waals surface area contributed by atoms with Gasteiger partial charge in [0.05, 0.1) is 5.92 Å². The Hall–Kier alpha value is -1.84. The van der Waals surface area contributed by atoms with E-state index in [9.17, 15) is 9.59 Å². The molecule has 2 N–H and O–H groups in total. The van der Waals surface area contributed by atoms with Crippen molar-refractivity contribution in [3.8, 4) is 0 Å². The maximum Gasteiger partial charge on any atom is 0.306 e. The van der Waals surface area contributed by atoms with Gasteiger partial charge in [0.1, 0.15) is 0 Å². The zero-order valence-corrected chi connectivity index (χ0v) is 11.9. The second-order valence-corrected chi connectivity index (χ2v) is 5.80. The molecule has 1 aliphatic rings. The Morgan fingerprint density at radius 3 is 2.35 bits per heavy atom. The number of amides is 1. The second kappa shape index (κ2) is 6.07. The molecular weight excluding hydrogens is 254 g/mol. The highest BCUT2D eigenvalue weighted by Crippen LogP contribution is 2.26. The van der Waals surface area contributed by atoms with Crippen LogP contribution in [0.15, 0.2) is 24.3 Å². The normalized spacial score (nSPS) is 21.9. The molecule has 1 amide bonds. The monoisotopic (exact) mass is 275 g/mol. The number of benzene rings is 1. The molecule has 4 heteroatoms. The molecular formula is C16H21NO3. The van der Waals surface area contributed by atoms with Gasteiger partial charge in [0, 0.05) is 11.6 Å². The predicted octanol–water partition coefficient (Wildman–Crippen LogP) is 2.79. The highest BCUT2D eigenvalue weighted by atomic mass is 16.4. The molecule has 4 nitrogen and oxygen atoms in total. The molecule has 0 spiro atoms. The fraction of sp³-hybridized carbons (Fsp3) is 0.500. The minimum atomic E-state index is -0.761. The van der Waals surface area contributed by atoms with E-state index in [0.717, 1.165) is 6.42 Å². The van der Waals surface area contributed by atoms with Crippen LogP contribution in [0.5, 0.6) is 0 Å². The summed E-state index contributed by atoms with van der Waals surface area (Å²) in [4.78, 5) is 23.0. The second-order valence-electron chi connectivity index (χ2n) is 5.80. The van der Waals surface area contributed by atoms with Crippen LogP contribution in [0.2, 0.25) is 0 Å². The minimum Gasteiger partial charge on any atom is -0.481 e. The third kappa shape index (κ3) is 3.38. The van der Waals surface area contributed by atoms with Gasteiger partial charge in [0.2, 0.25) is 0 Å². The Morgan fingerprint density at radius 1 is 1.20 bits per heavy atom. The van der Waals surface area contributed by atoms with Gasteiger partial charge in [0.25, 0.3) is 5.91 Å². The zero-order chi connectivity index (χ0) is 14.7. The van der Waals surface area contributed by atoms with Crippen molar-refractivity contribution in [2.24, 2.45) is 5.92 Å². The first-order valence-corrected chi connectivity index (χ1v) is 7.11. The molecule has 0 saturated heterocycles. The smallest absolute Gasteiger partial charge is 0.306 e. The Kier molecular flexibility index (Phi) is 4.42. The van der Waals surface area contributed by atoms with E-state index in [0.29, 0.717) is 24.3 Å². The topological polar surface area (TPSA) is 66.4 Å². The van der Waals surface area contributed by atoms with E-state index < -0.39 is 5.97 Å². The fourth-order valence-electron chi connectivity index (χ4n) is 2.63. The van der Waals surface area contributed by atoms with E-state index >= 15 is 0 Å². The van der Waals surface area contributed by atoms with Gasteiger partial charge in [0.15, 0.2) is 0 Å². The average molecular weight is 275 g/mol. The molecule has 2 rings (SSSR count). The van der Waals surface area contributed by atoms with Crippen LogP contribution < -0.4 is 5.32 Å². The maximum absolute atomic E-state index is 12.1. The van der Waals surface area contributed by atoms with Gasteiger partial charge >= 0.3 is 5.97 Å². The molecule has 0 aromatic heterocycles. The number of hydrogen-bond donors (Lipinski definition) is 2. The molecule has 0 unspecified atom stereocenters. The molecule has 20 heavy (non-hydrogen) atoms. The van der Waals surface area contributed by atoms with Crippen molar-refractivity contribution in [1.29, 1.82) is 0 Å². The molecule has 1 aromatic carbocycles. The maximum atomic E-state index is 12.1. The van der Waals surface area contributed by atoms with Crippen molar-refractivity contribution in [1.82, 2.24) is 5.32 Å². The van der Waals surface area contributed by atoms with Crippen LogP contribution >= 0.6 is 0 Å². The van der Waals surface area contributed by atoms with Crippen molar-refractivity contribution >= 4 is 11.9 Å². The highest BCUT2D eigenvalue weighted by Gasteiger charge is 2.30. The number of carbonyl (C=O) groups excluding carboxylic acids is 1. The lowest BCUT2D eigenvalue weighted by atomic mass is 10.0. The quantitative estimate of drug-likeness (QED) is 0.888. The van der Waals surface area contributed by atoms with E-state index in [1.807, 2.05) is 24.3 Å². The summed E-state index contributed by atoms with van der Waals surface area (Å²) in [5.74, 6) is -0.749. The first kappa shape index (κ1) is 14.6. The molecule has 0 bridgehead atoms. The molecule has 1 aromatic rings. The molecule has 108 valence electrons. The van der Waals surface area contributed by atoms with Crippen molar-refractivity contribution in [2.75, 3.05) is 0 Å². The summed E-state index contributed by atoms with van der Waals surface area (Å²) in [6.07, 6.45) is 1.92. The van der Waals surface area contributed by atoms with Crippen molar-refractivity contribution in [3.63, 3.8) is 0 Å². The number of carboxylic acid groups (broad SMARTS) is 1. The van der Waals surface area contributed by atoms with E-state index in [2.05, 4.69) is 19.2 Å². The molecule has 0 radical (unpaired) electrons. The summed E-state index contributed by atoms with van der Waals surface area (Å²) in [5, 5.41) is 11.9. The van der Waals surface area contributed by atoms with Gasteiger partial charge in [-0.15, -0.1) is 0 Å². The number of carbonyl (C=O) groups is 2. The number of nitrogens with one attached hydrogen (secondary N) is 1. The minimum absolute atomic E-state index is 0.0200. The van der Waals surface area contributed by atoms with Gasteiger partial charge in [-0.05, 0) is 42.9 Å². The van der Waals surface area contributed by atoms with Crippen LogP contribution in [-0.2, 0) is 4.79 Å². The Labute approximate surface area is 119 Å². The first-order valence-electron chi connectivity index (χ1n) is 7.11. The fourth-order valence-corrected chi connectivity index (χ4v) is 2.63. The van der Waals surface area contributed by atoms with Crippen LogP contribution in [0.25, 0.3) is 0 Å². The Balaban J connectivity index is 1.94. The van der Waals surface area contributed by atoms with Crippen LogP contribution in [-0.4, -0.2) is 23.0 Å². The van der Waals surface area contributed by atoms with Gasteiger partial charge in [-0.1, -0.05) is 26.0 Å². The van der Waals surface area contributed by atoms with E-state index in [4.69, 9.17) is 5.11 Å². The number of carboxylic acids is 1. The highest BCUT2D eigenvalue weighted by molar-refractivity contribution is 5.94. The lowest BCUT2D eigenvalue weighted by Gasteiger charge is -2.13. The molecule has 0 aliphatic heterocycles. The van der Waals surface area contributed by atoms with Gasteiger partial charge in [-0.2, -0.15) is 0 Å². The standard InChI is InChI=1S/C16H21NO3/c1-10(2)11-3-5-12(6-4-11)15(18)17-14-8-7-13(9-14)16(19)20/h3-6,10,13-14H,7-9H2,1-2H3,(H,17,18)(H,19,20)/t13-,14+/m0/s1. The van der Waals surface area contributed by atoms with E-state index in [-0.39, 0.29) is 17.9 Å². The SMILES string of the molecule is CC(C)c1ccc(C(=O)N[C@@H]2CC[C@H](C(=O)O)C2)cc1. The van der Waals surface area contributed by atoms with Crippen LogP contribution in [0.1, 0.15) is 54.9 Å². The lowest BCUT2D eigenvalue weighted by molar-refractivity contribution is -0.141. The summed E-state index contributed by atoms with van der Waals surface area (Å²) in [6, 6.07) is 7.57. The van der Waals surface area contributed by atoms with Crippen molar-refractivity contribution < 1.29 is 14.7 Å². The predicted molar refractivity (Wildman–Crippen MR) is 76.8 cm³/mol. The first-order chi connectivity index (χ1) is 9.47. The molecule has 1 fully saturated rings. The van der Waals surface area contributed by atoms with Gasteiger partial charge < -0.3 is 10.4 Å². The lowest BCUT2D eigenvalue weighted by Crippen LogP contribution is -2.33. The van der Waals surface area contributed by atoms with Crippen LogP contribution in [0.4, 0.5) is 0 Å². The number of rotatable bonds is 4. The van der Waals surface area contributed by atoms with Gasteiger partial charge in [-0.3, -0.25) is 9.59 Å². The van der Waals surface area contributed by atoms with Crippen LogP contribution in [0, 0.1) is 5.92 Å². The van der Waals surface area contributed by atoms with E-state index in [1.165, 1.54) is 5.56 Å². The Morgan fingerprint density at radius 2 is 1.85 bits per heavy atom. The number of aliphatic carboxylic acids is 1. The number of hydrogen-bond acceptors (Lipinski definition) is 2. The van der Waals surface area contributed by atoms with E-state index in [1.54, 1.807) is 0 Å². The molecule has 2 atom stereocenters. The van der Waals surface area contributed by atoms with Crippen molar-refractivity contribution in [3.05, 3.63) is 35.4 Å². The van der Waals surface area contributed by atoms with Crippen LogP contribution in [0.3, 0.4) is 0 Å². The molecule has 1 saturated carbocycles. The summed E-state index contributed by atoms with van der Waals surface area (Å²) in [6.45, 7) is 4.22. The summed E-state index contributed by atoms with van der Waals surface area (Å²) in [7, 11) is 0. The van der Waals surface area contributed by atoms with Crippen molar-refractivity contribution in [2.45, 2.75) is 45.1 Å². The van der Waals surface area contributed by atoms with Gasteiger partial charge in [-0.25, -0.2) is 0 Å². The molecule has 0 heterocycles. The third-order valence-corrected chi connectivity index (χ3v) is 3.96. The Bertz CT molecular complexity index is 493. The summed E-state index contributed by atoms with van der Waals surface area (Å²) in [5.41, 5.74) is 1.83. The summed E-state index contributed by atoms with van der Waals surface area (Å²) >= 11 is 0. The zero-order valence-electron chi connectivity index (χ0n) is 11.9. The largest absolute Gasteiger partial charge is 0.481 e. The summed E-state index contributed by atoms with van der Waals surface area (Å²) < 4.78 is 0. The average Bonchev–Trinajstić information content (AvgIpc) is 2.87.